The van der Waals surface area contributed by atoms with Crippen LogP contribution in [0.1, 0.15) is 32.8 Å². The molecule has 2 nitrogen and oxygen atoms in total. The molecule has 0 saturated carbocycles. The molecule has 0 aliphatic carbocycles. The largest absolute Gasteiger partial charge is 0.338 e. The van der Waals surface area contributed by atoms with Gasteiger partial charge in [-0.05, 0) is 23.0 Å². The third-order valence-corrected chi connectivity index (χ3v) is 4.53. The van der Waals surface area contributed by atoms with Gasteiger partial charge in [0.1, 0.15) is 0 Å². The number of halogens is 1. The van der Waals surface area contributed by atoms with Gasteiger partial charge in [0.2, 0.25) is 5.91 Å². The summed E-state index contributed by atoms with van der Waals surface area (Å²) in [7, 11) is 0. The molecule has 18 heavy (non-hydrogen) atoms. The molecule has 0 aromatic heterocycles. The van der Waals surface area contributed by atoms with E-state index < -0.39 is 0 Å². The van der Waals surface area contributed by atoms with Crippen LogP contribution >= 0.6 is 15.9 Å². The van der Waals surface area contributed by atoms with Crippen molar-refractivity contribution in [2.45, 2.75) is 33.7 Å². The van der Waals surface area contributed by atoms with Gasteiger partial charge in [-0.1, -0.05) is 54.9 Å². The van der Waals surface area contributed by atoms with E-state index in [0.717, 1.165) is 11.0 Å². The van der Waals surface area contributed by atoms with Gasteiger partial charge in [0.05, 0.1) is 0 Å². The number of hydrogen-bond donors (Lipinski definition) is 0. The molecule has 1 saturated heterocycles. The van der Waals surface area contributed by atoms with Gasteiger partial charge >= 0.3 is 0 Å². The summed E-state index contributed by atoms with van der Waals surface area (Å²) in [5, 5.41) is 0. The van der Waals surface area contributed by atoms with Gasteiger partial charge in [0.15, 0.2) is 0 Å². The van der Waals surface area contributed by atoms with E-state index in [1.54, 1.807) is 0 Å². The van der Waals surface area contributed by atoms with E-state index in [1.807, 2.05) is 23.1 Å². The monoisotopic (exact) mass is 309 g/mol. The Kier molecular flexibility index (Phi) is 3.81. The fourth-order valence-electron chi connectivity index (χ4n) is 2.34. The zero-order valence-corrected chi connectivity index (χ0v) is 12.8. The summed E-state index contributed by atoms with van der Waals surface area (Å²) in [5.74, 6) is 0.748. The fourth-order valence-corrected chi connectivity index (χ4v) is 2.75. The van der Waals surface area contributed by atoms with Gasteiger partial charge in [-0.25, -0.2) is 0 Å². The van der Waals surface area contributed by atoms with E-state index in [1.165, 1.54) is 5.56 Å². The molecule has 3 heteroatoms. The second-order valence-electron chi connectivity index (χ2n) is 6.13. The summed E-state index contributed by atoms with van der Waals surface area (Å²) in [6, 6.07) is 8.11. The number of carbonyl (C=O) groups excluding carboxylic acids is 1. The number of carbonyl (C=O) groups is 1. The maximum atomic E-state index is 12.1. The van der Waals surface area contributed by atoms with Gasteiger partial charge in [0.25, 0.3) is 0 Å². The first-order valence-electron chi connectivity index (χ1n) is 6.39. The minimum atomic E-state index is 0.207. The summed E-state index contributed by atoms with van der Waals surface area (Å²) >= 11 is 3.54. The minimum absolute atomic E-state index is 0.207. The molecule has 0 N–H and O–H groups in total. The molecule has 1 heterocycles. The van der Waals surface area contributed by atoms with Crippen LogP contribution in [0, 0.1) is 11.3 Å². The highest BCUT2D eigenvalue weighted by Gasteiger charge is 2.36. The Morgan fingerprint density at radius 1 is 1.33 bits per heavy atom. The number of hydrogen-bond acceptors (Lipinski definition) is 1. The lowest BCUT2D eigenvalue weighted by atomic mass is 9.80. The lowest BCUT2D eigenvalue weighted by molar-refractivity contribution is -0.128. The van der Waals surface area contributed by atoms with Crippen molar-refractivity contribution in [2.75, 3.05) is 6.54 Å². The van der Waals surface area contributed by atoms with Gasteiger partial charge in [-0.3, -0.25) is 4.79 Å². The third kappa shape index (κ3) is 2.94. The number of benzene rings is 1. The average Bonchev–Trinajstić information content (AvgIpc) is 2.63. The molecule has 1 aliphatic heterocycles. The maximum absolute atomic E-state index is 12.1. The molecular formula is C15H20BrNO. The molecular weight excluding hydrogens is 290 g/mol. The number of rotatable bonds is 2. The van der Waals surface area contributed by atoms with Crippen LogP contribution in [0.4, 0.5) is 0 Å². The zero-order chi connectivity index (χ0) is 13.3. The lowest BCUT2D eigenvalue weighted by Gasteiger charge is -2.26. The predicted molar refractivity (Wildman–Crippen MR) is 77.1 cm³/mol. The van der Waals surface area contributed by atoms with Crippen molar-refractivity contribution >= 4 is 21.8 Å². The standard InChI is InChI=1S/C15H20BrNO/c1-15(2,3)12-8-14(18)17(10-12)9-11-6-4-5-7-13(11)16/h4-7,12H,8-10H2,1-3H3. The Hall–Kier alpha value is -0.830. The summed E-state index contributed by atoms with van der Waals surface area (Å²) < 4.78 is 1.08. The topological polar surface area (TPSA) is 20.3 Å². The van der Waals surface area contributed by atoms with E-state index in [4.69, 9.17) is 0 Å². The molecule has 1 unspecified atom stereocenters. The first-order valence-corrected chi connectivity index (χ1v) is 7.18. The molecule has 1 fully saturated rings. The SMILES string of the molecule is CC(C)(C)C1CC(=O)N(Cc2ccccc2Br)C1. The van der Waals surface area contributed by atoms with Crippen molar-refractivity contribution < 1.29 is 4.79 Å². The van der Waals surface area contributed by atoms with Crippen LogP contribution < -0.4 is 0 Å². The molecule has 1 aromatic rings. The Balaban J connectivity index is 2.08. The molecule has 0 spiro atoms. The van der Waals surface area contributed by atoms with E-state index in [0.29, 0.717) is 18.9 Å². The van der Waals surface area contributed by atoms with Crippen LogP contribution in [-0.4, -0.2) is 17.4 Å². The van der Waals surface area contributed by atoms with Crippen molar-refractivity contribution in [3.05, 3.63) is 34.3 Å². The van der Waals surface area contributed by atoms with E-state index in [-0.39, 0.29) is 11.3 Å². The van der Waals surface area contributed by atoms with Crippen molar-refractivity contribution in [2.24, 2.45) is 11.3 Å². The minimum Gasteiger partial charge on any atom is -0.338 e. The van der Waals surface area contributed by atoms with Crippen molar-refractivity contribution in [1.29, 1.82) is 0 Å². The van der Waals surface area contributed by atoms with E-state index in [9.17, 15) is 4.79 Å². The molecule has 0 radical (unpaired) electrons. The van der Waals surface area contributed by atoms with Gasteiger partial charge < -0.3 is 4.90 Å². The van der Waals surface area contributed by atoms with Crippen molar-refractivity contribution in [3.8, 4) is 0 Å². The first kappa shape index (κ1) is 13.6. The molecule has 98 valence electrons. The second kappa shape index (κ2) is 5.04. The quantitative estimate of drug-likeness (QED) is 0.812. The normalized spacial score (nSPS) is 20.6. The van der Waals surface area contributed by atoms with Crippen molar-refractivity contribution in [3.63, 3.8) is 0 Å². The second-order valence-corrected chi connectivity index (χ2v) is 6.99. The van der Waals surface area contributed by atoms with Crippen LogP contribution in [0.15, 0.2) is 28.7 Å². The van der Waals surface area contributed by atoms with Gasteiger partial charge in [0, 0.05) is 24.0 Å². The van der Waals surface area contributed by atoms with Crippen LogP contribution in [-0.2, 0) is 11.3 Å². The van der Waals surface area contributed by atoms with Crippen LogP contribution in [0.3, 0.4) is 0 Å². The van der Waals surface area contributed by atoms with Gasteiger partial charge in [-0.2, -0.15) is 0 Å². The predicted octanol–water partition coefficient (Wildman–Crippen LogP) is 3.84. The highest BCUT2D eigenvalue weighted by atomic mass is 79.9. The van der Waals surface area contributed by atoms with Crippen LogP contribution in [0.2, 0.25) is 0 Å². The van der Waals surface area contributed by atoms with Crippen LogP contribution in [0.25, 0.3) is 0 Å². The third-order valence-electron chi connectivity index (χ3n) is 3.76. The van der Waals surface area contributed by atoms with E-state index in [2.05, 4.69) is 42.8 Å². The lowest BCUT2D eigenvalue weighted by Crippen LogP contribution is -2.27. The highest BCUT2D eigenvalue weighted by molar-refractivity contribution is 9.10. The average molecular weight is 310 g/mol. The highest BCUT2D eigenvalue weighted by Crippen LogP contribution is 2.35. The maximum Gasteiger partial charge on any atom is 0.223 e. The summed E-state index contributed by atoms with van der Waals surface area (Å²) in [6.45, 7) is 8.24. The molecule has 2 rings (SSSR count). The Labute approximate surface area is 117 Å². The molecule has 1 atom stereocenters. The summed E-state index contributed by atoms with van der Waals surface area (Å²) in [4.78, 5) is 14.0. The molecule has 1 aromatic carbocycles. The zero-order valence-electron chi connectivity index (χ0n) is 11.2. The molecule has 0 bridgehead atoms. The number of likely N-dealkylation sites (tertiary alicyclic amines) is 1. The smallest absolute Gasteiger partial charge is 0.223 e. The first-order chi connectivity index (χ1) is 8.38. The molecule has 1 aliphatic rings. The molecule has 1 amide bonds. The van der Waals surface area contributed by atoms with Crippen LogP contribution in [0.5, 0.6) is 0 Å². The summed E-state index contributed by atoms with van der Waals surface area (Å²) in [5.41, 5.74) is 1.39. The fraction of sp³-hybridized carbons (Fsp3) is 0.533. The van der Waals surface area contributed by atoms with Gasteiger partial charge in [-0.15, -0.1) is 0 Å². The number of amides is 1. The van der Waals surface area contributed by atoms with E-state index >= 15 is 0 Å². The Morgan fingerprint density at radius 2 is 2.00 bits per heavy atom. The Bertz CT molecular complexity index is 450. The van der Waals surface area contributed by atoms with Crippen molar-refractivity contribution in [1.82, 2.24) is 4.90 Å². The summed E-state index contributed by atoms with van der Waals surface area (Å²) in [6.07, 6.45) is 0.688. The number of nitrogens with zero attached hydrogens (tertiary/aromatic N) is 1. The Morgan fingerprint density at radius 3 is 2.56 bits per heavy atom.